The molecule has 2 heterocycles. The lowest BCUT2D eigenvalue weighted by molar-refractivity contribution is 1.17. The smallest absolute Gasteiger partial charge is 0.226 e. The van der Waals surface area contributed by atoms with Gasteiger partial charge < -0.3 is 15.6 Å². The monoisotopic (exact) mass is 177 g/mol. The van der Waals surface area contributed by atoms with Crippen molar-refractivity contribution in [2.75, 3.05) is 24.7 Å². The average Bonchev–Trinajstić information content (AvgIpc) is 2.63. The summed E-state index contributed by atoms with van der Waals surface area (Å²) < 4.78 is 0. The van der Waals surface area contributed by atoms with E-state index in [0.717, 1.165) is 16.9 Å². The maximum Gasteiger partial charge on any atom is 0.226 e. The molecule has 3 N–H and O–H groups in total. The SMILES string of the molecule is CNc1nc(NC)c2cc[nH]c2n1. The normalized spacial score (nSPS) is 10.3. The highest BCUT2D eigenvalue weighted by Crippen LogP contribution is 2.19. The average molecular weight is 177 g/mol. The Morgan fingerprint density at radius 2 is 2.08 bits per heavy atom. The second-order valence-corrected chi connectivity index (χ2v) is 2.64. The van der Waals surface area contributed by atoms with Gasteiger partial charge in [-0.15, -0.1) is 0 Å². The van der Waals surface area contributed by atoms with E-state index in [2.05, 4.69) is 25.6 Å². The quantitative estimate of drug-likeness (QED) is 0.641. The lowest BCUT2D eigenvalue weighted by atomic mass is 10.4. The van der Waals surface area contributed by atoms with Gasteiger partial charge in [-0.05, 0) is 6.07 Å². The third-order valence-corrected chi connectivity index (χ3v) is 1.88. The number of hydrogen-bond donors (Lipinski definition) is 3. The number of nitrogens with zero attached hydrogens (tertiary/aromatic N) is 2. The molecule has 2 rings (SSSR count). The van der Waals surface area contributed by atoms with Crippen LogP contribution in [0.2, 0.25) is 0 Å². The van der Waals surface area contributed by atoms with Crippen molar-refractivity contribution < 1.29 is 0 Å². The molecular formula is C8H11N5. The third kappa shape index (κ3) is 1.18. The van der Waals surface area contributed by atoms with E-state index in [-0.39, 0.29) is 0 Å². The van der Waals surface area contributed by atoms with Gasteiger partial charge in [0.05, 0.1) is 5.39 Å². The van der Waals surface area contributed by atoms with E-state index >= 15 is 0 Å². The van der Waals surface area contributed by atoms with E-state index in [0.29, 0.717) is 5.95 Å². The molecule has 2 aromatic heterocycles. The standard InChI is InChI=1S/C8H11N5/c1-9-6-5-3-4-11-7(5)13-8(10-2)12-6/h3-4H,1-2H3,(H3,9,10,11,12,13). The van der Waals surface area contributed by atoms with E-state index in [1.807, 2.05) is 19.3 Å². The Morgan fingerprint density at radius 1 is 1.23 bits per heavy atom. The molecule has 0 amide bonds. The Labute approximate surface area is 75.6 Å². The van der Waals surface area contributed by atoms with Crippen LogP contribution in [0.1, 0.15) is 0 Å². The second-order valence-electron chi connectivity index (χ2n) is 2.64. The predicted molar refractivity (Wildman–Crippen MR) is 53.0 cm³/mol. The molecule has 0 radical (unpaired) electrons. The lowest BCUT2D eigenvalue weighted by Gasteiger charge is -2.03. The molecule has 0 unspecified atom stereocenters. The first kappa shape index (κ1) is 7.85. The summed E-state index contributed by atoms with van der Waals surface area (Å²) in [6, 6.07) is 1.95. The van der Waals surface area contributed by atoms with Crippen LogP contribution in [0.15, 0.2) is 12.3 Å². The number of nitrogens with one attached hydrogen (secondary N) is 3. The van der Waals surface area contributed by atoms with Crippen LogP contribution < -0.4 is 10.6 Å². The maximum atomic E-state index is 4.26. The van der Waals surface area contributed by atoms with Crippen LogP contribution in [-0.2, 0) is 0 Å². The molecule has 0 saturated heterocycles. The van der Waals surface area contributed by atoms with Crippen LogP contribution in [0.3, 0.4) is 0 Å². The molecule has 0 atom stereocenters. The number of rotatable bonds is 2. The number of aromatic nitrogens is 3. The van der Waals surface area contributed by atoms with Crippen LogP contribution in [0.4, 0.5) is 11.8 Å². The predicted octanol–water partition coefficient (Wildman–Crippen LogP) is 1.04. The Balaban J connectivity index is 2.70. The zero-order chi connectivity index (χ0) is 9.26. The summed E-state index contributed by atoms with van der Waals surface area (Å²) in [7, 11) is 3.64. The van der Waals surface area contributed by atoms with Gasteiger partial charge in [-0.1, -0.05) is 0 Å². The number of fused-ring (bicyclic) bond motifs is 1. The van der Waals surface area contributed by atoms with Crippen LogP contribution in [0.25, 0.3) is 11.0 Å². The number of anilines is 2. The number of aromatic amines is 1. The lowest BCUT2D eigenvalue weighted by Crippen LogP contribution is -2.00. The Bertz CT molecular complexity index is 419. The first-order chi connectivity index (χ1) is 6.35. The first-order valence-corrected chi connectivity index (χ1v) is 4.06. The number of hydrogen-bond acceptors (Lipinski definition) is 4. The molecule has 0 spiro atoms. The van der Waals surface area contributed by atoms with Crippen molar-refractivity contribution >= 4 is 22.8 Å². The van der Waals surface area contributed by atoms with Gasteiger partial charge in [0.15, 0.2) is 0 Å². The summed E-state index contributed by atoms with van der Waals surface area (Å²) in [5.41, 5.74) is 0.837. The van der Waals surface area contributed by atoms with Gasteiger partial charge in [0.1, 0.15) is 11.5 Å². The minimum atomic E-state index is 0.610. The zero-order valence-electron chi connectivity index (χ0n) is 7.55. The molecule has 0 saturated carbocycles. The van der Waals surface area contributed by atoms with Gasteiger partial charge in [-0.3, -0.25) is 0 Å². The second kappa shape index (κ2) is 2.93. The molecule has 0 aliphatic carbocycles. The first-order valence-electron chi connectivity index (χ1n) is 4.06. The van der Waals surface area contributed by atoms with E-state index in [9.17, 15) is 0 Å². The van der Waals surface area contributed by atoms with Crippen LogP contribution in [0.5, 0.6) is 0 Å². The van der Waals surface area contributed by atoms with Crippen molar-refractivity contribution in [1.82, 2.24) is 15.0 Å². The van der Waals surface area contributed by atoms with Crippen molar-refractivity contribution in [2.24, 2.45) is 0 Å². The van der Waals surface area contributed by atoms with Crippen molar-refractivity contribution in [3.63, 3.8) is 0 Å². The molecule has 0 bridgehead atoms. The molecule has 13 heavy (non-hydrogen) atoms. The zero-order valence-corrected chi connectivity index (χ0v) is 7.55. The largest absolute Gasteiger partial charge is 0.372 e. The van der Waals surface area contributed by atoms with Gasteiger partial charge in [-0.2, -0.15) is 9.97 Å². The Kier molecular flexibility index (Phi) is 1.77. The molecule has 0 aliphatic heterocycles. The van der Waals surface area contributed by atoms with Crippen LogP contribution in [0, 0.1) is 0 Å². The molecule has 0 aliphatic rings. The van der Waals surface area contributed by atoms with Crippen LogP contribution in [-0.4, -0.2) is 29.0 Å². The maximum absolute atomic E-state index is 4.26. The van der Waals surface area contributed by atoms with Crippen molar-refractivity contribution in [1.29, 1.82) is 0 Å². The molecule has 0 aromatic carbocycles. The van der Waals surface area contributed by atoms with Gasteiger partial charge in [0.2, 0.25) is 5.95 Å². The van der Waals surface area contributed by atoms with Gasteiger partial charge >= 0.3 is 0 Å². The third-order valence-electron chi connectivity index (χ3n) is 1.88. The highest BCUT2D eigenvalue weighted by molar-refractivity contribution is 5.87. The van der Waals surface area contributed by atoms with E-state index in [1.165, 1.54) is 0 Å². The molecule has 68 valence electrons. The van der Waals surface area contributed by atoms with Crippen LogP contribution >= 0.6 is 0 Å². The van der Waals surface area contributed by atoms with Gasteiger partial charge in [0.25, 0.3) is 0 Å². The van der Waals surface area contributed by atoms with Gasteiger partial charge in [-0.25, -0.2) is 0 Å². The van der Waals surface area contributed by atoms with Crippen molar-refractivity contribution in [2.45, 2.75) is 0 Å². The summed E-state index contributed by atoms with van der Waals surface area (Å²) in [4.78, 5) is 11.5. The van der Waals surface area contributed by atoms with Gasteiger partial charge in [0, 0.05) is 20.3 Å². The summed E-state index contributed by atoms with van der Waals surface area (Å²) in [5, 5.41) is 6.92. The Hall–Kier alpha value is -1.78. The van der Waals surface area contributed by atoms with Crippen molar-refractivity contribution in [3.8, 4) is 0 Å². The molecule has 0 fully saturated rings. The van der Waals surface area contributed by atoms with E-state index < -0.39 is 0 Å². The molecule has 2 aromatic rings. The summed E-state index contributed by atoms with van der Waals surface area (Å²) in [6.07, 6.45) is 1.85. The fraction of sp³-hybridized carbons (Fsp3) is 0.250. The fourth-order valence-corrected chi connectivity index (χ4v) is 1.24. The number of H-pyrrole nitrogens is 1. The topological polar surface area (TPSA) is 65.6 Å². The minimum absolute atomic E-state index is 0.610. The van der Waals surface area contributed by atoms with Crippen molar-refractivity contribution in [3.05, 3.63) is 12.3 Å². The Morgan fingerprint density at radius 3 is 2.77 bits per heavy atom. The minimum Gasteiger partial charge on any atom is -0.372 e. The highest BCUT2D eigenvalue weighted by atomic mass is 15.1. The summed E-state index contributed by atoms with van der Waals surface area (Å²) >= 11 is 0. The fourth-order valence-electron chi connectivity index (χ4n) is 1.24. The highest BCUT2D eigenvalue weighted by Gasteiger charge is 2.05. The molecular weight excluding hydrogens is 166 g/mol. The van der Waals surface area contributed by atoms with E-state index in [4.69, 9.17) is 0 Å². The summed E-state index contributed by atoms with van der Waals surface area (Å²) in [5.74, 6) is 1.44. The summed E-state index contributed by atoms with van der Waals surface area (Å²) in [6.45, 7) is 0. The molecule has 5 heteroatoms. The van der Waals surface area contributed by atoms with E-state index in [1.54, 1.807) is 7.05 Å². The molecule has 5 nitrogen and oxygen atoms in total.